The third-order valence-electron chi connectivity index (χ3n) is 3.71. The van der Waals surface area contributed by atoms with Crippen molar-refractivity contribution in [2.75, 3.05) is 0 Å². The van der Waals surface area contributed by atoms with E-state index in [0.717, 1.165) is 6.42 Å². The van der Waals surface area contributed by atoms with Gasteiger partial charge in [0, 0.05) is 11.1 Å². The van der Waals surface area contributed by atoms with E-state index < -0.39 is 5.60 Å². The third kappa shape index (κ3) is 4.89. The summed E-state index contributed by atoms with van der Waals surface area (Å²) in [6, 6.07) is 0. The first-order valence-electron chi connectivity index (χ1n) is 7.10. The highest BCUT2D eigenvalue weighted by atomic mass is 16.3. The third-order valence-corrected chi connectivity index (χ3v) is 3.71. The lowest BCUT2D eigenvalue weighted by Crippen LogP contribution is -2.24. The van der Waals surface area contributed by atoms with Gasteiger partial charge in [-0.15, -0.1) is 0 Å². The van der Waals surface area contributed by atoms with E-state index in [4.69, 9.17) is 0 Å². The smallest absolute Gasteiger partial charge is 0.184 e. The largest absolute Gasteiger partial charge is 0.390 e. The van der Waals surface area contributed by atoms with Gasteiger partial charge in [-0.2, -0.15) is 0 Å². The van der Waals surface area contributed by atoms with Crippen LogP contribution in [0.2, 0.25) is 0 Å². The molecule has 1 rings (SSSR count). The maximum Gasteiger partial charge on any atom is 0.184 e. The number of Topliss-reactive ketones (excluding diaryl/α,β-unsaturated/α-hetero) is 1. The first kappa shape index (κ1) is 16.6. The predicted molar refractivity (Wildman–Crippen MR) is 80.4 cm³/mol. The van der Waals surface area contributed by atoms with E-state index in [1.54, 1.807) is 13.8 Å². The highest BCUT2D eigenvalue weighted by molar-refractivity contribution is 6.19. The summed E-state index contributed by atoms with van der Waals surface area (Å²) in [6.07, 6.45) is 7.22. The Morgan fingerprint density at radius 2 is 2.00 bits per heavy atom. The van der Waals surface area contributed by atoms with E-state index in [1.165, 1.54) is 17.7 Å². The molecule has 1 atom stereocenters. The zero-order valence-corrected chi connectivity index (χ0v) is 12.8. The minimum absolute atomic E-state index is 0.0827. The average Bonchev–Trinajstić information content (AvgIpc) is 2.38. The molecular formula is C17H24O3. The molecule has 1 unspecified atom stereocenters. The van der Waals surface area contributed by atoms with Gasteiger partial charge in [0.15, 0.2) is 11.6 Å². The first-order chi connectivity index (χ1) is 9.25. The van der Waals surface area contributed by atoms with Crippen LogP contribution < -0.4 is 0 Å². The molecule has 20 heavy (non-hydrogen) atoms. The summed E-state index contributed by atoms with van der Waals surface area (Å²) in [7, 11) is 0. The van der Waals surface area contributed by atoms with Gasteiger partial charge < -0.3 is 5.11 Å². The van der Waals surface area contributed by atoms with Crippen LogP contribution in [0.3, 0.4) is 0 Å². The molecule has 3 nitrogen and oxygen atoms in total. The number of carbonyl (C=O) groups is 2. The molecule has 0 aromatic heterocycles. The van der Waals surface area contributed by atoms with Crippen LogP contribution in [0.5, 0.6) is 0 Å². The Hall–Kier alpha value is -1.48. The molecular weight excluding hydrogens is 252 g/mol. The van der Waals surface area contributed by atoms with Gasteiger partial charge >= 0.3 is 0 Å². The van der Waals surface area contributed by atoms with E-state index >= 15 is 0 Å². The number of hydrogen-bond donors (Lipinski definition) is 1. The molecule has 0 fully saturated rings. The molecule has 110 valence electrons. The molecule has 0 saturated carbocycles. The van der Waals surface area contributed by atoms with Crippen molar-refractivity contribution in [3.63, 3.8) is 0 Å². The molecule has 0 heterocycles. The topological polar surface area (TPSA) is 54.4 Å². The summed E-state index contributed by atoms with van der Waals surface area (Å²) < 4.78 is 0. The average molecular weight is 276 g/mol. The van der Waals surface area contributed by atoms with Crippen molar-refractivity contribution in [3.8, 4) is 0 Å². The van der Waals surface area contributed by atoms with Gasteiger partial charge in [-0.3, -0.25) is 9.59 Å². The van der Waals surface area contributed by atoms with E-state index in [9.17, 15) is 14.7 Å². The Labute approximate surface area is 121 Å². The number of rotatable bonds is 6. The highest BCUT2D eigenvalue weighted by Crippen LogP contribution is 2.24. The highest BCUT2D eigenvalue weighted by Gasteiger charge is 2.23. The Balaban J connectivity index is 2.62. The predicted octanol–water partition coefficient (Wildman–Crippen LogP) is 3.29. The Morgan fingerprint density at radius 1 is 1.35 bits per heavy atom. The van der Waals surface area contributed by atoms with Crippen molar-refractivity contribution in [2.45, 2.75) is 59.0 Å². The number of allylic oxidation sites excluding steroid dienone is 5. The van der Waals surface area contributed by atoms with Crippen molar-refractivity contribution in [1.82, 2.24) is 0 Å². The Kier molecular flexibility index (Phi) is 5.63. The number of carbonyl (C=O) groups excluding carboxylic acids is 2. The SMILES string of the molecule is CC/C(C)=C/CC(C)(O)CCC1=CC(=O)C=C(C)C1=O. The van der Waals surface area contributed by atoms with E-state index in [-0.39, 0.29) is 11.6 Å². The van der Waals surface area contributed by atoms with Crippen LogP contribution in [0.4, 0.5) is 0 Å². The van der Waals surface area contributed by atoms with Crippen molar-refractivity contribution in [1.29, 1.82) is 0 Å². The van der Waals surface area contributed by atoms with Crippen LogP contribution >= 0.6 is 0 Å². The fourth-order valence-corrected chi connectivity index (χ4v) is 2.04. The number of hydrogen-bond acceptors (Lipinski definition) is 3. The molecule has 0 aromatic rings. The fraction of sp³-hybridized carbons (Fsp3) is 0.529. The molecule has 0 saturated heterocycles. The lowest BCUT2D eigenvalue weighted by Gasteiger charge is -2.23. The summed E-state index contributed by atoms with van der Waals surface area (Å²) in [5, 5.41) is 10.3. The van der Waals surface area contributed by atoms with Gasteiger partial charge in [0.2, 0.25) is 0 Å². The summed E-state index contributed by atoms with van der Waals surface area (Å²) in [5.41, 5.74) is 1.38. The summed E-state index contributed by atoms with van der Waals surface area (Å²) in [6.45, 7) is 7.53. The normalized spacial score (nSPS) is 19.6. The second-order valence-electron chi connectivity index (χ2n) is 5.83. The Morgan fingerprint density at radius 3 is 2.60 bits per heavy atom. The molecule has 1 aliphatic carbocycles. The zero-order valence-electron chi connectivity index (χ0n) is 12.8. The van der Waals surface area contributed by atoms with Crippen molar-refractivity contribution < 1.29 is 14.7 Å². The van der Waals surface area contributed by atoms with Gasteiger partial charge in [0.25, 0.3) is 0 Å². The van der Waals surface area contributed by atoms with Crippen LogP contribution in [-0.4, -0.2) is 22.3 Å². The number of aliphatic hydroxyl groups is 1. The zero-order chi connectivity index (χ0) is 15.3. The molecule has 3 heteroatoms. The fourth-order valence-electron chi connectivity index (χ4n) is 2.04. The van der Waals surface area contributed by atoms with Crippen LogP contribution in [0.1, 0.15) is 53.4 Å². The second-order valence-corrected chi connectivity index (χ2v) is 5.83. The maximum absolute atomic E-state index is 11.9. The van der Waals surface area contributed by atoms with Crippen LogP contribution in [0.15, 0.2) is 34.9 Å². The molecule has 0 spiro atoms. The van der Waals surface area contributed by atoms with Crippen LogP contribution in [0, 0.1) is 0 Å². The van der Waals surface area contributed by atoms with Gasteiger partial charge in [-0.25, -0.2) is 0 Å². The minimum Gasteiger partial charge on any atom is -0.390 e. The first-order valence-corrected chi connectivity index (χ1v) is 7.10. The lowest BCUT2D eigenvalue weighted by atomic mass is 9.88. The monoisotopic (exact) mass is 276 g/mol. The maximum atomic E-state index is 11.9. The van der Waals surface area contributed by atoms with Gasteiger partial charge in [-0.1, -0.05) is 18.6 Å². The van der Waals surface area contributed by atoms with Crippen LogP contribution in [0.25, 0.3) is 0 Å². The molecule has 0 amide bonds. The van der Waals surface area contributed by atoms with Crippen LogP contribution in [-0.2, 0) is 9.59 Å². The molecule has 0 aliphatic heterocycles. The Bertz CT molecular complexity index is 490. The molecule has 0 aromatic carbocycles. The van der Waals surface area contributed by atoms with Gasteiger partial charge in [0.05, 0.1) is 5.60 Å². The van der Waals surface area contributed by atoms with E-state index in [2.05, 4.69) is 6.92 Å². The van der Waals surface area contributed by atoms with Gasteiger partial charge in [0.1, 0.15) is 0 Å². The molecule has 1 aliphatic rings. The van der Waals surface area contributed by atoms with E-state index in [1.807, 2.05) is 13.0 Å². The molecule has 1 N–H and O–H groups in total. The summed E-state index contributed by atoms with van der Waals surface area (Å²) in [4.78, 5) is 23.3. The standard InChI is InChI=1S/C17H24O3/c1-5-12(2)6-8-17(4,20)9-7-14-11-15(18)10-13(3)16(14)19/h6,10-11,20H,5,7-9H2,1-4H3/b12-6+. The lowest BCUT2D eigenvalue weighted by molar-refractivity contribution is -0.115. The van der Waals surface area contributed by atoms with Crippen molar-refractivity contribution >= 4 is 11.6 Å². The summed E-state index contributed by atoms with van der Waals surface area (Å²) >= 11 is 0. The van der Waals surface area contributed by atoms with Crippen molar-refractivity contribution in [3.05, 3.63) is 34.9 Å². The molecule has 0 radical (unpaired) electrons. The van der Waals surface area contributed by atoms with Gasteiger partial charge in [-0.05, 0) is 58.6 Å². The minimum atomic E-state index is -0.852. The molecule has 0 bridgehead atoms. The van der Waals surface area contributed by atoms with Crippen molar-refractivity contribution in [2.24, 2.45) is 0 Å². The second kappa shape index (κ2) is 6.80. The van der Waals surface area contributed by atoms with E-state index in [0.29, 0.717) is 30.4 Å². The summed E-state index contributed by atoms with van der Waals surface area (Å²) in [5.74, 6) is -0.223. The number of ketones is 2. The quantitative estimate of drug-likeness (QED) is 0.598.